The van der Waals surface area contributed by atoms with Gasteiger partial charge >= 0.3 is 5.97 Å². The van der Waals surface area contributed by atoms with E-state index >= 15 is 0 Å². The van der Waals surface area contributed by atoms with Gasteiger partial charge in [-0.3, -0.25) is 10.1 Å². The van der Waals surface area contributed by atoms with Gasteiger partial charge in [-0.15, -0.1) is 0 Å². The summed E-state index contributed by atoms with van der Waals surface area (Å²) >= 11 is 0. The first-order valence-electron chi connectivity index (χ1n) is 5.25. The van der Waals surface area contributed by atoms with Crippen LogP contribution in [-0.4, -0.2) is 32.9 Å². The number of methoxy groups -OCH3 is 1. The zero-order valence-corrected chi connectivity index (χ0v) is 10.1. The number of nitro benzene ring substituents is 1. The Balaban J connectivity index is 2.63. The van der Waals surface area contributed by atoms with Crippen molar-refractivity contribution >= 4 is 11.7 Å². The van der Waals surface area contributed by atoms with Crippen LogP contribution < -0.4 is 4.74 Å². The fourth-order valence-corrected chi connectivity index (χ4v) is 1.59. The summed E-state index contributed by atoms with van der Waals surface area (Å²) in [7, 11) is 1.21. The molecule has 1 aromatic carbocycles. The van der Waals surface area contributed by atoms with Crippen molar-refractivity contribution in [3.05, 3.63) is 46.0 Å². The van der Waals surface area contributed by atoms with Crippen molar-refractivity contribution in [1.29, 1.82) is 0 Å². The van der Waals surface area contributed by atoms with Crippen LogP contribution in [0.25, 0.3) is 5.69 Å². The van der Waals surface area contributed by atoms with Crippen LogP contribution in [0.1, 0.15) is 10.5 Å². The van der Waals surface area contributed by atoms with Crippen molar-refractivity contribution in [3.63, 3.8) is 0 Å². The molecule has 2 aromatic rings. The first-order chi connectivity index (χ1) is 9.43. The van der Waals surface area contributed by atoms with Crippen molar-refractivity contribution in [3.8, 4) is 11.4 Å². The Morgan fingerprint density at radius 2 is 2.25 bits per heavy atom. The van der Waals surface area contributed by atoms with E-state index in [0.717, 1.165) is 10.7 Å². The van der Waals surface area contributed by atoms with Crippen LogP contribution in [0.2, 0.25) is 0 Å². The zero-order chi connectivity index (χ0) is 14.9. The van der Waals surface area contributed by atoms with E-state index in [9.17, 15) is 19.3 Å². The lowest BCUT2D eigenvalue weighted by Gasteiger charge is -2.07. The molecule has 0 atom stereocenters. The molecular weight excluding hydrogens is 273 g/mol. The van der Waals surface area contributed by atoms with Crippen molar-refractivity contribution in [2.75, 3.05) is 7.11 Å². The molecule has 0 spiro atoms. The number of benzene rings is 1. The molecule has 2 rings (SSSR count). The Kier molecular flexibility index (Phi) is 3.34. The maximum absolute atomic E-state index is 13.5. The summed E-state index contributed by atoms with van der Waals surface area (Å²) in [4.78, 5) is 20.9. The number of carboxylic acids is 1. The normalized spacial score (nSPS) is 10.3. The molecule has 0 bridgehead atoms. The number of hydrogen-bond acceptors (Lipinski definition) is 5. The topological polar surface area (TPSA) is 107 Å². The molecule has 0 amide bonds. The molecule has 8 nitrogen and oxygen atoms in total. The summed E-state index contributed by atoms with van der Waals surface area (Å²) in [6.07, 6.45) is 1.23. The van der Waals surface area contributed by atoms with Gasteiger partial charge in [0, 0.05) is 12.3 Å². The number of carboxylic acid groups (broad SMARTS) is 1. The Hall–Kier alpha value is -2.97. The minimum Gasteiger partial charge on any atom is -0.494 e. The molecule has 104 valence electrons. The number of hydrogen-bond donors (Lipinski definition) is 1. The first-order valence-corrected chi connectivity index (χ1v) is 5.25. The average Bonchev–Trinajstić information content (AvgIpc) is 2.87. The highest BCUT2D eigenvalue weighted by Crippen LogP contribution is 2.30. The van der Waals surface area contributed by atoms with Gasteiger partial charge in [0.25, 0.3) is 5.69 Å². The molecular formula is C11H8FN3O5. The van der Waals surface area contributed by atoms with Gasteiger partial charge in [-0.05, 0) is 6.07 Å². The number of rotatable bonds is 4. The van der Waals surface area contributed by atoms with E-state index in [1.807, 2.05) is 0 Å². The Morgan fingerprint density at radius 3 is 2.75 bits per heavy atom. The fourth-order valence-electron chi connectivity index (χ4n) is 1.59. The van der Waals surface area contributed by atoms with Gasteiger partial charge in [0.1, 0.15) is 5.69 Å². The molecule has 0 radical (unpaired) electrons. The van der Waals surface area contributed by atoms with Gasteiger partial charge in [0.15, 0.2) is 17.3 Å². The molecule has 0 unspecified atom stereocenters. The lowest BCUT2D eigenvalue weighted by Crippen LogP contribution is -2.05. The molecule has 0 aliphatic rings. The molecule has 1 heterocycles. The Bertz CT molecular complexity index is 697. The van der Waals surface area contributed by atoms with Gasteiger partial charge in [0.2, 0.25) is 0 Å². The summed E-state index contributed by atoms with van der Waals surface area (Å²) in [5, 5.41) is 23.4. The largest absolute Gasteiger partial charge is 0.494 e. The smallest absolute Gasteiger partial charge is 0.356 e. The van der Waals surface area contributed by atoms with E-state index in [-0.39, 0.29) is 17.1 Å². The highest BCUT2D eigenvalue weighted by atomic mass is 19.1. The first kappa shape index (κ1) is 13.5. The second-order valence-electron chi connectivity index (χ2n) is 3.68. The number of ether oxygens (including phenoxy) is 1. The van der Waals surface area contributed by atoms with E-state index < -0.39 is 22.4 Å². The maximum Gasteiger partial charge on any atom is 0.356 e. The molecule has 20 heavy (non-hydrogen) atoms. The Morgan fingerprint density at radius 1 is 1.55 bits per heavy atom. The van der Waals surface area contributed by atoms with Gasteiger partial charge in [-0.1, -0.05) is 0 Å². The van der Waals surface area contributed by atoms with Gasteiger partial charge in [-0.2, -0.15) is 5.10 Å². The summed E-state index contributed by atoms with van der Waals surface area (Å²) in [5.41, 5.74) is -0.938. The number of halogens is 1. The van der Waals surface area contributed by atoms with Gasteiger partial charge in [0.05, 0.1) is 18.1 Å². The number of aromatic nitrogens is 2. The second-order valence-corrected chi connectivity index (χ2v) is 3.68. The number of aromatic carboxylic acids is 1. The summed E-state index contributed by atoms with van der Waals surface area (Å²) in [5.74, 6) is -2.38. The van der Waals surface area contributed by atoms with E-state index in [1.54, 1.807) is 0 Å². The standard InChI is InChI=1S/C11H8FN3O5/c1-20-10-5-8(9(15(18)19)4-6(10)12)14-3-2-7(13-14)11(16)17/h2-5H,1H3,(H,16,17). The third-order valence-corrected chi connectivity index (χ3v) is 2.50. The average molecular weight is 281 g/mol. The van der Waals surface area contributed by atoms with E-state index in [2.05, 4.69) is 5.10 Å². The third-order valence-electron chi connectivity index (χ3n) is 2.50. The van der Waals surface area contributed by atoms with Crippen molar-refractivity contribution in [1.82, 2.24) is 9.78 Å². The van der Waals surface area contributed by atoms with Gasteiger partial charge < -0.3 is 9.84 Å². The quantitative estimate of drug-likeness (QED) is 0.674. The fraction of sp³-hybridized carbons (Fsp3) is 0.0909. The molecule has 0 saturated heterocycles. The Labute approximate surface area is 111 Å². The lowest BCUT2D eigenvalue weighted by molar-refractivity contribution is -0.384. The minimum atomic E-state index is -1.28. The van der Waals surface area contributed by atoms with Crippen LogP contribution in [0.4, 0.5) is 10.1 Å². The van der Waals surface area contributed by atoms with Crippen molar-refractivity contribution in [2.24, 2.45) is 0 Å². The molecule has 0 saturated carbocycles. The van der Waals surface area contributed by atoms with E-state index in [0.29, 0.717) is 6.07 Å². The van der Waals surface area contributed by atoms with Crippen molar-refractivity contribution < 1.29 is 24.0 Å². The lowest BCUT2D eigenvalue weighted by atomic mass is 10.2. The SMILES string of the molecule is COc1cc(-n2ccc(C(=O)O)n2)c([N+](=O)[O-])cc1F. The van der Waals surface area contributed by atoms with E-state index in [1.165, 1.54) is 19.4 Å². The number of carbonyl (C=O) groups is 1. The molecule has 0 aliphatic carbocycles. The minimum absolute atomic E-state index is 0.0965. The van der Waals surface area contributed by atoms with Crippen LogP contribution in [0, 0.1) is 15.9 Å². The highest BCUT2D eigenvalue weighted by molar-refractivity contribution is 5.85. The zero-order valence-electron chi connectivity index (χ0n) is 10.1. The molecule has 9 heteroatoms. The molecule has 0 aliphatic heterocycles. The van der Waals surface area contributed by atoms with Crippen LogP contribution in [0.15, 0.2) is 24.4 Å². The number of nitro groups is 1. The second kappa shape index (κ2) is 4.96. The van der Waals surface area contributed by atoms with Crippen LogP contribution >= 0.6 is 0 Å². The summed E-state index contributed by atoms with van der Waals surface area (Å²) in [6, 6.07) is 2.93. The number of nitrogens with zero attached hydrogens (tertiary/aromatic N) is 3. The molecule has 1 aromatic heterocycles. The van der Waals surface area contributed by atoms with Crippen LogP contribution in [0.3, 0.4) is 0 Å². The molecule has 1 N–H and O–H groups in total. The highest BCUT2D eigenvalue weighted by Gasteiger charge is 2.21. The van der Waals surface area contributed by atoms with Crippen LogP contribution in [-0.2, 0) is 0 Å². The predicted octanol–water partition coefficient (Wildman–Crippen LogP) is 1.63. The summed E-state index contributed by atoms with van der Waals surface area (Å²) in [6.45, 7) is 0. The predicted molar refractivity (Wildman–Crippen MR) is 63.7 cm³/mol. The maximum atomic E-state index is 13.5. The van der Waals surface area contributed by atoms with Gasteiger partial charge in [-0.25, -0.2) is 13.9 Å². The van der Waals surface area contributed by atoms with Crippen LogP contribution in [0.5, 0.6) is 5.75 Å². The van der Waals surface area contributed by atoms with E-state index in [4.69, 9.17) is 9.84 Å². The third kappa shape index (κ3) is 2.28. The molecule has 0 fully saturated rings. The summed E-state index contributed by atoms with van der Waals surface area (Å²) < 4.78 is 19.2. The monoisotopic (exact) mass is 281 g/mol. The van der Waals surface area contributed by atoms with Crippen molar-refractivity contribution in [2.45, 2.75) is 0 Å².